The Morgan fingerprint density at radius 3 is 2.56 bits per heavy atom. The number of benzene rings is 1. The second-order valence-corrected chi connectivity index (χ2v) is 8.99. The highest BCUT2D eigenvalue weighted by molar-refractivity contribution is 6.31. The van der Waals surface area contributed by atoms with Crippen molar-refractivity contribution in [1.29, 1.82) is 0 Å². The van der Waals surface area contributed by atoms with Gasteiger partial charge in [-0.3, -0.25) is 9.59 Å². The van der Waals surface area contributed by atoms with E-state index in [2.05, 4.69) is 18.4 Å². The van der Waals surface area contributed by atoms with Gasteiger partial charge >= 0.3 is 0 Å². The van der Waals surface area contributed by atoms with E-state index < -0.39 is 0 Å². The maximum Gasteiger partial charge on any atom is 0.290 e. The summed E-state index contributed by atoms with van der Waals surface area (Å²) in [5.41, 5.74) is 2.01. The molecule has 34 heavy (non-hydrogen) atoms. The number of rotatable bonds is 12. The van der Waals surface area contributed by atoms with Gasteiger partial charge in [-0.05, 0) is 41.8 Å². The van der Waals surface area contributed by atoms with Gasteiger partial charge in [-0.15, -0.1) is 0 Å². The van der Waals surface area contributed by atoms with Crippen molar-refractivity contribution in [2.75, 3.05) is 33.4 Å². The van der Waals surface area contributed by atoms with Crippen molar-refractivity contribution in [2.24, 2.45) is 5.92 Å². The van der Waals surface area contributed by atoms with E-state index in [4.69, 9.17) is 20.8 Å². The zero-order valence-corrected chi connectivity index (χ0v) is 20.7. The van der Waals surface area contributed by atoms with Crippen LogP contribution in [0.5, 0.6) is 0 Å². The predicted molar refractivity (Wildman–Crippen MR) is 132 cm³/mol. The second kappa shape index (κ2) is 12.4. The normalized spacial score (nSPS) is 11.1. The average molecular weight is 486 g/mol. The molecule has 0 aliphatic heterocycles. The number of amides is 2. The van der Waals surface area contributed by atoms with Crippen LogP contribution in [0.15, 0.2) is 65.4 Å². The Morgan fingerprint density at radius 1 is 1.09 bits per heavy atom. The van der Waals surface area contributed by atoms with Crippen molar-refractivity contribution in [3.63, 3.8) is 0 Å². The lowest BCUT2D eigenvalue weighted by Crippen LogP contribution is -2.45. The van der Waals surface area contributed by atoms with Crippen molar-refractivity contribution in [3.8, 4) is 0 Å². The molecule has 2 amide bonds. The first-order chi connectivity index (χ1) is 16.4. The van der Waals surface area contributed by atoms with Crippen LogP contribution in [0.1, 0.15) is 35.7 Å². The molecule has 7 nitrogen and oxygen atoms in total. The lowest BCUT2D eigenvalue weighted by atomic mass is 10.2. The maximum atomic E-state index is 13.4. The molecule has 1 aromatic carbocycles. The molecule has 2 heterocycles. The highest BCUT2D eigenvalue weighted by Crippen LogP contribution is 2.19. The molecular formula is C26H32ClN3O4. The Kier molecular flexibility index (Phi) is 9.36. The molecular weight excluding hydrogens is 454 g/mol. The number of hydrogen-bond donors (Lipinski definition) is 0. The molecule has 0 atom stereocenters. The molecule has 8 heteroatoms. The number of nitrogens with zero attached hydrogens (tertiary/aromatic N) is 3. The fourth-order valence-corrected chi connectivity index (χ4v) is 3.92. The van der Waals surface area contributed by atoms with Gasteiger partial charge in [0.05, 0.1) is 19.4 Å². The maximum absolute atomic E-state index is 13.4. The highest BCUT2D eigenvalue weighted by Gasteiger charge is 2.25. The van der Waals surface area contributed by atoms with Crippen molar-refractivity contribution < 1.29 is 18.7 Å². The van der Waals surface area contributed by atoms with Crippen LogP contribution < -0.4 is 0 Å². The molecule has 3 aromatic rings. The minimum absolute atomic E-state index is 0.0547. The van der Waals surface area contributed by atoms with Crippen LogP contribution >= 0.6 is 11.6 Å². The first-order valence-corrected chi connectivity index (χ1v) is 11.7. The number of aromatic nitrogens is 1. The summed E-state index contributed by atoms with van der Waals surface area (Å²) in [5, 5.41) is 0.711. The standard InChI is InChI=1S/C26H32ClN3O4/c1-20(2)16-30(18-22-9-6-12-28(22)17-21-8-4-5-10-23(21)27)25(31)19-29(13-15-33-3)26(32)24-11-7-14-34-24/h4-12,14,20H,13,15-19H2,1-3H3. The summed E-state index contributed by atoms with van der Waals surface area (Å²) < 4.78 is 12.5. The number of ether oxygens (including phenoxy) is 1. The van der Waals surface area contributed by atoms with Crippen LogP contribution in [0.2, 0.25) is 5.02 Å². The molecule has 0 unspecified atom stereocenters. The highest BCUT2D eigenvalue weighted by atomic mass is 35.5. The zero-order chi connectivity index (χ0) is 24.5. The Hall–Kier alpha value is -3.03. The first-order valence-electron chi connectivity index (χ1n) is 11.4. The Balaban J connectivity index is 1.76. The number of furan rings is 1. The van der Waals surface area contributed by atoms with E-state index in [9.17, 15) is 9.59 Å². The topological polar surface area (TPSA) is 67.9 Å². The summed E-state index contributed by atoms with van der Waals surface area (Å²) in [7, 11) is 1.57. The van der Waals surface area contributed by atoms with E-state index in [1.807, 2.05) is 42.6 Å². The average Bonchev–Trinajstić information content (AvgIpc) is 3.49. The van der Waals surface area contributed by atoms with Crippen LogP contribution in [0, 0.1) is 5.92 Å². The van der Waals surface area contributed by atoms with Crippen LogP contribution in [0.3, 0.4) is 0 Å². The summed E-state index contributed by atoms with van der Waals surface area (Å²) >= 11 is 6.36. The Bertz CT molecular complexity index is 1060. The van der Waals surface area contributed by atoms with Crippen molar-refractivity contribution in [2.45, 2.75) is 26.9 Å². The van der Waals surface area contributed by atoms with Crippen LogP contribution in [0.25, 0.3) is 0 Å². The summed E-state index contributed by atoms with van der Waals surface area (Å²) in [4.78, 5) is 29.6. The minimum Gasteiger partial charge on any atom is -0.459 e. The van der Waals surface area contributed by atoms with Crippen molar-refractivity contribution >= 4 is 23.4 Å². The molecule has 0 N–H and O–H groups in total. The van der Waals surface area contributed by atoms with Crippen LogP contribution in [-0.4, -0.2) is 59.5 Å². The van der Waals surface area contributed by atoms with E-state index in [1.165, 1.54) is 11.2 Å². The molecule has 182 valence electrons. The Morgan fingerprint density at radius 2 is 1.88 bits per heavy atom. The van der Waals surface area contributed by atoms with Gasteiger partial charge in [0.25, 0.3) is 5.91 Å². The number of methoxy groups -OCH3 is 1. The summed E-state index contributed by atoms with van der Waals surface area (Å²) in [6, 6.07) is 15.0. The quantitative estimate of drug-likeness (QED) is 0.377. The molecule has 0 saturated heterocycles. The van der Waals surface area contributed by atoms with E-state index in [0.717, 1.165) is 11.3 Å². The molecule has 0 saturated carbocycles. The van der Waals surface area contributed by atoms with E-state index >= 15 is 0 Å². The summed E-state index contributed by atoms with van der Waals surface area (Å²) in [6.07, 6.45) is 3.43. The van der Waals surface area contributed by atoms with Crippen LogP contribution in [0.4, 0.5) is 0 Å². The largest absolute Gasteiger partial charge is 0.459 e. The summed E-state index contributed by atoms with van der Waals surface area (Å²) in [6.45, 7) is 6.32. The third kappa shape index (κ3) is 6.98. The molecule has 0 radical (unpaired) electrons. The predicted octanol–water partition coefficient (Wildman–Crippen LogP) is 4.56. The number of halogens is 1. The van der Waals surface area contributed by atoms with Gasteiger partial charge in [0.1, 0.15) is 6.54 Å². The number of carbonyl (C=O) groups is 2. The van der Waals surface area contributed by atoms with Gasteiger partial charge in [0.2, 0.25) is 5.91 Å². The van der Waals surface area contributed by atoms with Crippen molar-refractivity contribution in [3.05, 3.63) is 83.0 Å². The molecule has 3 rings (SSSR count). The molecule has 0 bridgehead atoms. The lowest BCUT2D eigenvalue weighted by Gasteiger charge is -2.29. The number of carbonyl (C=O) groups excluding carboxylic acids is 2. The fraction of sp³-hybridized carbons (Fsp3) is 0.385. The molecule has 0 aliphatic carbocycles. The second-order valence-electron chi connectivity index (χ2n) is 8.58. The molecule has 2 aromatic heterocycles. The van der Waals surface area contributed by atoms with Gasteiger partial charge in [-0.25, -0.2) is 0 Å². The summed E-state index contributed by atoms with van der Waals surface area (Å²) in [5.74, 6) is 0.00857. The monoisotopic (exact) mass is 485 g/mol. The Labute approximate surface area is 205 Å². The zero-order valence-electron chi connectivity index (χ0n) is 19.9. The molecule has 0 fully saturated rings. The van der Waals surface area contributed by atoms with Gasteiger partial charge in [-0.1, -0.05) is 43.6 Å². The molecule has 0 spiro atoms. The molecule has 0 aliphatic rings. The van der Waals surface area contributed by atoms with E-state index in [1.54, 1.807) is 24.1 Å². The first kappa shape index (κ1) is 25.6. The third-order valence-electron chi connectivity index (χ3n) is 5.42. The SMILES string of the molecule is COCCN(CC(=O)N(Cc1cccn1Cc1ccccc1Cl)CC(C)C)C(=O)c1ccco1. The van der Waals surface area contributed by atoms with Gasteiger partial charge in [0.15, 0.2) is 5.76 Å². The van der Waals surface area contributed by atoms with Gasteiger partial charge in [0, 0.05) is 43.7 Å². The van der Waals surface area contributed by atoms with E-state index in [0.29, 0.717) is 37.8 Å². The minimum atomic E-state index is -0.331. The van der Waals surface area contributed by atoms with Crippen molar-refractivity contribution in [1.82, 2.24) is 14.4 Å². The number of hydrogen-bond acceptors (Lipinski definition) is 4. The van der Waals surface area contributed by atoms with E-state index in [-0.39, 0.29) is 30.0 Å². The fourth-order valence-electron chi connectivity index (χ4n) is 3.72. The van der Waals surface area contributed by atoms with Gasteiger partial charge in [-0.2, -0.15) is 0 Å². The van der Waals surface area contributed by atoms with Gasteiger partial charge < -0.3 is 23.5 Å². The van der Waals surface area contributed by atoms with Crippen LogP contribution in [-0.2, 0) is 22.6 Å². The third-order valence-corrected chi connectivity index (χ3v) is 5.79. The lowest BCUT2D eigenvalue weighted by molar-refractivity contribution is -0.133. The smallest absolute Gasteiger partial charge is 0.290 e.